The first kappa shape index (κ1) is 19.4. The van der Waals surface area contributed by atoms with Crippen molar-refractivity contribution in [2.45, 2.75) is 46.3 Å². The topological polar surface area (TPSA) is 59.6 Å². The number of ether oxygens (including phenoxy) is 2. The largest absolute Gasteiger partial charge is 0.492 e. The van der Waals surface area contributed by atoms with Crippen LogP contribution in [0.25, 0.3) is 0 Å². The minimum atomic E-state index is -0.473. The van der Waals surface area contributed by atoms with E-state index in [2.05, 4.69) is 10.6 Å². The van der Waals surface area contributed by atoms with Crippen molar-refractivity contribution in [3.8, 4) is 11.5 Å². The van der Waals surface area contributed by atoms with Crippen molar-refractivity contribution in [2.24, 2.45) is 0 Å². The Balaban J connectivity index is 1.76. The smallest absolute Gasteiger partial charge is 0.246 e. The van der Waals surface area contributed by atoms with Gasteiger partial charge in [-0.25, -0.2) is 0 Å². The maximum Gasteiger partial charge on any atom is 0.246 e. The number of anilines is 2. The second-order valence-corrected chi connectivity index (χ2v) is 7.27. The molecule has 2 N–H and O–H groups in total. The summed E-state index contributed by atoms with van der Waals surface area (Å²) in [6.45, 7) is 8.26. The van der Waals surface area contributed by atoms with E-state index >= 15 is 0 Å². The third-order valence-corrected chi connectivity index (χ3v) is 4.76. The van der Waals surface area contributed by atoms with E-state index in [1.54, 1.807) is 12.1 Å². The van der Waals surface area contributed by atoms with Gasteiger partial charge in [-0.3, -0.25) is 4.79 Å². The molecule has 0 bridgehead atoms. The fourth-order valence-electron chi connectivity index (χ4n) is 3.10. The fourth-order valence-corrected chi connectivity index (χ4v) is 3.27. The summed E-state index contributed by atoms with van der Waals surface area (Å²) in [4.78, 5) is 12.6. The number of hydrogen-bond acceptors (Lipinski definition) is 4. The van der Waals surface area contributed by atoms with Crippen molar-refractivity contribution < 1.29 is 14.3 Å². The highest BCUT2D eigenvalue weighted by Gasteiger charge is 2.23. The number of aryl methyl sites for hydroxylation is 1. The zero-order valence-corrected chi connectivity index (χ0v) is 16.8. The molecule has 144 valence electrons. The molecule has 27 heavy (non-hydrogen) atoms. The van der Waals surface area contributed by atoms with Crippen LogP contribution in [0.1, 0.15) is 31.9 Å². The molecule has 1 aliphatic heterocycles. The first-order valence-electron chi connectivity index (χ1n) is 9.17. The van der Waals surface area contributed by atoms with Gasteiger partial charge < -0.3 is 20.1 Å². The summed E-state index contributed by atoms with van der Waals surface area (Å²) >= 11 is 6.03. The van der Waals surface area contributed by atoms with Gasteiger partial charge in [-0.1, -0.05) is 17.7 Å². The van der Waals surface area contributed by atoms with E-state index in [1.165, 1.54) is 0 Å². The molecular weight excluding hydrogens is 364 g/mol. The Morgan fingerprint density at radius 3 is 2.85 bits per heavy atom. The van der Waals surface area contributed by atoms with Gasteiger partial charge in [-0.2, -0.15) is 0 Å². The van der Waals surface area contributed by atoms with Crippen molar-refractivity contribution >= 4 is 28.9 Å². The average Bonchev–Trinajstić information content (AvgIpc) is 2.97. The van der Waals surface area contributed by atoms with Gasteiger partial charge in [0.05, 0.1) is 12.3 Å². The molecule has 0 saturated carbocycles. The maximum absolute atomic E-state index is 12.6. The van der Waals surface area contributed by atoms with Gasteiger partial charge in [-0.15, -0.1) is 0 Å². The van der Waals surface area contributed by atoms with Crippen molar-refractivity contribution in [3.05, 3.63) is 46.5 Å². The van der Waals surface area contributed by atoms with E-state index in [9.17, 15) is 4.79 Å². The molecule has 2 aromatic carbocycles. The monoisotopic (exact) mass is 388 g/mol. The predicted octanol–water partition coefficient (Wildman–Crippen LogP) is 4.81. The quantitative estimate of drug-likeness (QED) is 0.745. The Bertz CT molecular complexity index is 854. The van der Waals surface area contributed by atoms with Crippen molar-refractivity contribution in [3.63, 3.8) is 0 Å². The molecule has 1 amide bonds. The zero-order chi connectivity index (χ0) is 19.6. The summed E-state index contributed by atoms with van der Waals surface area (Å²) in [6.07, 6.45) is 1.01. The van der Waals surface area contributed by atoms with Crippen LogP contribution in [0.5, 0.6) is 11.5 Å². The normalized spacial score (nSPS) is 16.3. The van der Waals surface area contributed by atoms with Crippen LogP contribution in [-0.2, 0) is 11.2 Å². The summed E-state index contributed by atoms with van der Waals surface area (Å²) in [5, 5.41) is 6.75. The average molecular weight is 389 g/mol. The summed E-state index contributed by atoms with van der Waals surface area (Å²) in [7, 11) is 0. The van der Waals surface area contributed by atoms with Crippen LogP contribution in [0.4, 0.5) is 11.4 Å². The lowest BCUT2D eigenvalue weighted by molar-refractivity contribution is -0.116. The SMILES string of the molecule is CCOc1cc2c(cc1NC(C)C(=O)Nc1cc(Cl)ccc1C)OC(C)C2. The molecule has 2 atom stereocenters. The Morgan fingerprint density at radius 1 is 1.33 bits per heavy atom. The number of halogens is 1. The van der Waals surface area contributed by atoms with Gasteiger partial charge in [0.2, 0.25) is 5.91 Å². The minimum absolute atomic E-state index is 0.149. The van der Waals surface area contributed by atoms with Gasteiger partial charge in [0.25, 0.3) is 0 Å². The second kappa shape index (κ2) is 8.09. The highest BCUT2D eigenvalue weighted by Crippen LogP contribution is 2.38. The number of rotatable bonds is 6. The highest BCUT2D eigenvalue weighted by molar-refractivity contribution is 6.31. The van der Waals surface area contributed by atoms with Gasteiger partial charge in [0.15, 0.2) is 0 Å². The van der Waals surface area contributed by atoms with Gasteiger partial charge in [0.1, 0.15) is 23.6 Å². The summed E-state index contributed by atoms with van der Waals surface area (Å²) < 4.78 is 11.6. The van der Waals surface area contributed by atoms with Crippen molar-refractivity contribution in [1.29, 1.82) is 0 Å². The second-order valence-electron chi connectivity index (χ2n) is 6.84. The first-order valence-corrected chi connectivity index (χ1v) is 9.55. The standard InChI is InChI=1S/C21H25ClN2O3/c1-5-26-20-9-15-8-13(3)27-19(15)11-18(20)23-14(4)21(25)24-17-10-16(22)7-6-12(17)2/h6-7,9-11,13-14,23H,5,8H2,1-4H3,(H,24,25). The number of amides is 1. The van der Waals surface area contributed by atoms with Crippen LogP contribution in [0.3, 0.4) is 0 Å². The molecule has 2 unspecified atom stereocenters. The van der Waals surface area contributed by atoms with Crippen LogP contribution in [0.2, 0.25) is 5.02 Å². The lowest BCUT2D eigenvalue weighted by Gasteiger charge is -2.19. The molecule has 0 aromatic heterocycles. The molecule has 3 rings (SSSR count). The van der Waals surface area contributed by atoms with Gasteiger partial charge in [-0.05, 0) is 51.5 Å². The maximum atomic E-state index is 12.6. The molecule has 6 heteroatoms. The number of benzene rings is 2. The van der Waals surface area contributed by atoms with E-state index < -0.39 is 6.04 Å². The molecule has 0 saturated heterocycles. The molecule has 0 fully saturated rings. The predicted molar refractivity (Wildman–Crippen MR) is 109 cm³/mol. The van der Waals surface area contributed by atoms with Crippen LogP contribution in [0, 0.1) is 6.92 Å². The van der Waals surface area contributed by atoms with Crippen molar-refractivity contribution in [2.75, 3.05) is 17.2 Å². The molecule has 1 heterocycles. The number of nitrogens with one attached hydrogen (secondary N) is 2. The number of carbonyl (C=O) groups excluding carboxylic acids is 1. The zero-order valence-electron chi connectivity index (χ0n) is 16.1. The Labute approximate surface area is 165 Å². The van der Waals surface area contributed by atoms with Crippen LogP contribution in [0.15, 0.2) is 30.3 Å². The summed E-state index contributed by atoms with van der Waals surface area (Å²) in [5.74, 6) is 1.41. The van der Waals surface area contributed by atoms with Gasteiger partial charge in [0, 0.05) is 28.8 Å². The first-order chi connectivity index (χ1) is 12.9. The third-order valence-electron chi connectivity index (χ3n) is 4.52. The Morgan fingerprint density at radius 2 is 2.11 bits per heavy atom. The molecular formula is C21H25ClN2O3. The number of hydrogen-bond donors (Lipinski definition) is 2. The van der Waals surface area contributed by atoms with E-state index in [1.807, 2.05) is 45.9 Å². The summed E-state index contributed by atoms with van der Waals surface area (Å²) in [6, 6.07) is 8.86. The van der Waals surface area contributed by atoms with E-state index in [-0.39, 0.29) is 12.0 Å². The van der Waals surface area contributed by atoms with Crippen LogP contribution >= 0.6 is 11.6 Å². The molecule has 0 radical (unpaired) electrons. The van der Waals surface area contributed by atoms with Crippen LogP contribution in [-0.4, -0.2) is 24.7 Å². The molecule has 5 nitrogen and oxygen atoms in total. The van der Waals surface area contributed by atoms with E-state index in [0.717, 1.165) is 34.7 Å². The highest BCUT2D eigenvalue weighted by atomic mass is 35.5. The van der Waals surface area contributed by atoms with E-state index in [4.69, 9.17) is 21.1 Å². The molecule has 1 aliphatic rings. The van der Waals surface area contributed by atoms with E-state index in [0.29, 0.717) is 17.3 Å². The van der Waals surface area contributed by atoms with Crippen molar-refractivity contribution in [1.82, 2.24) is 0 Å². The molecule has 2 aromatic rings. The molecule has 0 aliphatic carbocycles. The van der Waals surface area contributed by atoms with Gasteiger partial charge >= 0.3 is 0 Å². The minimum Gasteiger partial charge on any atom is -0.492 e. The molecule has 0 spiro atoms. The lowest BCUT2D eigenvalue weighted by Crippen LogP contribution is -2.32. The summed E-state index contributed by atoms with van der Waals surface area (Å²) in [5.41, 5.74) is 3.53. The number of fused-ring (bicyclic) bond motifs is 1. The number of carbonyl (C=O) groups is 1. The fraction of sp³-hybridized carbons (Fsp3) is 0.381. The Kier molecular flexibility index (Phi) is 5.80. The van der Waals surface area contributed by atoms with Crippen LogP contribution < -0.4 is 20.1 Å². The third kappa shape index (κ3) is 4.48. The lowest BCUT2D eigenvalue weighted by atomic mass is 10.1. The Hall–Kier alpha value is -2.40.